The maximum atomic E-state index is 12.4. The highest BCUT2D eigenvalue weighted by Crippen LogP contribution is 2.48. The monoisotopic (exact) mass is 731 g/mol. The van der Waals surface area contributed by atoms with Crippen molar-refractivity contribution in [2.45, 2.75) is 14.7 Å². The van der Waals surface area contributed by atoms with Crippen molar-refractivity contribution in [1.82, 2.24) is 0 Å². The number of benzene rings is 4. The van der Waals surface area contributed by atoms with Crippen molar-refractivity contribution < 1.29 is 61.7 Å². The number of azo groups is 2. The van der Waals surface area contributed by atoms with Crippen LogP contribution in [0.15, 0.2) is 95.8 Å². The largest absolute Gasteiger partial charge is 0.508 e. The Hall–Kier alpha value is -4.62. The zero-order valence-corrected chi connectivity index (χ0v) is 26.4. The molecule has 23 heteroatoms. The summed E-state index contributed by atoms with van der Waals surface area (Å²) in [6, 6.07) is 10.9. The highest BCUT2D eigenvalue weighted by atomic mass is 32.3. The molecular weight excluding hydrogens is 711 g/mol. The van der Waals surface area contributed by atoms with Crippen molar-refractivity contribution in [3.05, 3.63) is 60.7 Å². The second-order valence-corrected chi connectivity index (χ2v) is 15.2. The molecule has 4 aromatic carbocycles. The maximum Gasteiger partial charge on any atom is 0.397 e. The lowest BCUT2D eigenvalue weighted by molar-refractivity contribution is 0.284. The first-order valence-electron chi connectivity index (χ1n) is 12.3. The molecule has 0 unspecified atom stereocenters. The number of hydrogen-bond acceptors (Lipinski definition) is 16. The molecule has 250 valence electrons. The van der Waals surface area contributed by atoms with E-state index in [1.54, 1.807) is 0 Å². The molecule has 4 aromatic rings. The van der Waals surface area contributed by atoms with E-state index in [-0.39, 0.29) is 22.0 Å². The van der Waals surface area contributed by atoms with Crippen LogP contribution in [0.3, 0.4) is 0 Å². The SMILES string of the molecule is Nc1c(N=Nc2ccc(S(=O)(=O)CCOS(=O)(=O)O)cc2)c(S(=O)(=O)O)cc2cc(S(=O)(=O)O)c(N=Nc3cccc(O)c3)c(O)c12. The minimum Gasteiger partial charge on any atom is -0.508 e. The lowest BCUT2D eigenvalue weighted by atomic mass is 10.1. The number of hydrogen-bond donors (Lipinski definition) is 6. The number of aromatic hydroxyl groups is 2. The molecule has 19 nitrogen and oxygen atoms in total. The van der Waals surface area contributed by atoms with E-state index in [1.807, 2.05) is 0 Å². The molecule has 4 rings (SSSR count). The van der Waals surface area contributed by atoms with Gasteiger partial charge in [0, 0.05) is 6.07 Å². The van der Waals surface area contributed by atoms with Gasteiger partial charge in [-0.3, -0.25) is 13.7 Å². The van der Waals surface area contributed by atoms with E-state index in [0.717, 1.165) is 30.3 Å². The molecule has 0 saturated heterocycles. The van der Waals surface area contributed by atoms with Crippen LogP contribution in [0.4, 0.5) is 28.4 Å². The van der Waals surface area contributed by atoms with Crippen LogP contribution in [0.1, 0.15) is 0 Å². The zero-order valence-electron chi connectivity index (χ0n) is 23.1. The molecular formula is C24H21N5O14S4. The first-order valence-corrected chi connectivity index (χ1v) is 18.2. The second kappa shape index (κ2) is 12.9. The number of nitrogens with two attached hydrogens (primary N) is 1. The van der Waals surface area contributed by atoms with E-state index in [0.29, 0.717) is 12.1 Å². The molecule has 47 heavy (non-hydrogen) atoms. The normalized spacial score (nSPS) is 13.2. The van der Waals surface area contributed by atoms with E-state index in [9.17, 15) is 53.0 Å². The number of anilines is 1. The Balaban J connectivity index is 1.83. The average Bonchev–Trinajstić information content (AvgIpc) is 2.94. The molecule has 7 N–H and O–H groups in total. The van der Waals surface area contributed by atoms with Crippen LogP contribution in [0, 0.1) is 0 Å². The molecule has 0 aliphatic rings. The number of phenolic OH excluding ortho intramolecular Hbond substituents is 2. The maximum absolute atomic E-state index is 12.4. The van der Waals surface area contributed by atoms with Gasteiger partial charge in [0.15, 0.2) is 15.6 Å². The van der Waals surface area contributed by atoms with Crippen molar-refractivity contribution in [3.8, 4) is 11.5 Å². The van der Waals surface area contributed by atoms with Crippen LogP contribution in [-0.2, 0) is 44.7 Å². The molecule has 0 saturated carbocycles. The van der Waals surface area contributed by atoms with Gasteiger partial charge in [-0.15, -0.1) is 10.2 Å². The van der Waals surface area contributed by atoms with Crippen LogP contribution in [0.25, 0.3) is 10.8 Å². The van der Waals surface area contributed by atoms with Gasteiger partial charge in [0.1, 0.15) is 26.9 Å². The fourth-order valence-corrected chi connectivity index (χ4v) is 6.78. The number of sulfone groups is 1. The molecule has 0 radical (unpaired) electrons. The van der Waals surface area contributed by atoms with Gasteiger partial charge in [0.05, 0.1) is 39.7 Å². The average molecular weight is 732 g/mol. The molecule has 0 atom stereocenters. The first kappa shape index (κ1) is 35.2. The minimum atomic E-state index is -5.16. The Bertz CT molecular complexity index is 2400. The Labute approximate surface area is 266 Å². The first-order chi connectivity index (χ1) is 21.7. The molecule has 0 heterocycles. The highest BCUT2D eigenvalue weighted by molar-refractivity contribution is 7.91. The van der Waals surface area contributed by atoms with Crippen LogP contribution in [-0.4, -0.2) is 69.9 Å². The summed E-state index contributed by atoms with van der Waals surface area (Å²) in [7, 11) is -19.3. The molecule has 0 amide bonds. The number of nitrogen functional groups attached to an aromatic ring is 1. The molecule has 0 fully saturated rings. The van der Waals surface area contributed by atoms with Gasteiger partial charge >= 0.3 is 10.4 Å². The standard InChI is InChI=1S/C24H21N5O14S4/c25-21-20-13(11-19(46(37,38)39)23(24(20)31)29-27-15-2-1-3-16(30)12-15)10-18(45(34,35)36)22(21)28-26-14-4-6-17(7-5-14)44(32,33)9-8-43-47(40,41)42/h1-7,10-12,30-31H,8-9,25H2,(H,34,35,36)(H,37,38,39)(H,40,41,42). The van der Waals surface area contributed by atoms with E-state index in [2.05, 4.69) is 24.6 Å². The molecule has 0 aliphatic carbocycles. The Morgan fingerprint density at radius 1 is 0.681 bits per heavy atom. The zero-order chi connectivity index (χ0) is 34.9. The third kappa shape index (κ3) is 8.40. The quantitative estimate of drug-likeness (QED) is 0.0726. The summed E-state index contributed by atoms with van der Waals surface area (Å²) in [4.78, 5) is -2.34. The Morgan fingerprint density at radius 3 is 1.79 bits per heavy atom. The highest BCUT2D eigenvalue weighted by Gasteiger charge is 2.28. The van der Waals surface area contributed by atoms with Crippen molar-refractivity contribution in [1.29, 1.82) is 0 Å². The summed E-state index contributed by atoms with van der Waals surface area (Å²) in [6.45, 7) is -0.875. The van der Waals surface area contributed by atoms with Gasteiger partial charge < -0.3 is 15.9 Å². The summed E-state index contributed by atoms with van der Waals surface area (Å²) in [5.41, 5.74) is 3.80. The van der Waals surface area contributed by atoms with Crippen LogP contribution >= 0.6 is 0 Å². The van der Waals surface area contributed by atoms with E-state index < -0.39 is 96.2 Å². The van der Waals surface area contributed by atoms with Gasteiger partial charge in [0.2, 0.25) is 0 Å². The summed E-state index contributed by atoms with van der Waals surface area (Å²) in [5, 5.41) is 34.8. The van der Waals surface area contributed by atoms with Gasteiger partial charge in [0.25, 0.3) is 20.2 Å². The molecule has 0 spiro atoms. The van der Waals surface area contributed by atoms with Gasteiger partial charge in [-0.1, -0.05) is 6.07 Å². The molecule has 0 aliphatic heterocycles. The molecule has 0 aromatic heterocycles. The Morgan fingerprint density at radius 2 is 1.23 bits per heavy atom. The van der Waals surface area contributed by atoms with E-state index >= 15 is 0 Å². The van der Waals surface area contributed by atoms with Crippen molar-refractivity contribution in [3.63, 3.8) is 0 Å². The predicted molar refractivity (Wildman–Crippen MR) is 162 cm³/mol. The summed E-state index contributed by atoms with van der Waals surface area (Å²) >= 11 is 0. The lowest BCUT2D eigenvalue weighted by Crippen LogP contribution is -2.15. The minimum absolute atomic E-state index is 0.000207. The number of nitrogens with zero attached hydrogens (tertiary/aromatic N) is 4. The van der Waals surface area contributed by atoms with Gasteiger partial charge in [-0.25, -0.2) is 12.6 Å². The van der Waals surface area contributed by atoms with Crippen molar-refractivity contribution in [2.75, 3.05) is 18.1 Å². The van der Waals surface area contributed by atoms with Crippen LogP contribution < -0.4 is 5.73 Å². The van der Waals surface area contributed by atoms with Crippen molar-refractivity contribution >= 4 is 79.7 Å². The second-order valence-electron chi connectivity index (χ2n) is 9.24. The summed E-state index contributed by atoms with van der Waals surface area (Å²) < 4.78 is 127. The summed E-state index contributed by atoms with van der Waals surface area (Å²) in [6.07, 6.45) is 0. The van der Waals surface area contributed by atoms with Gasteiger partial charge in [-0.2, -0.15) is 35.5 Å². The number of fused-ring (bicyclic) bond motifs is 1. The smallest absolute Gasteiger partial charge is 0.397 e. The lowest BCUT2D eigenvalue weighted by Gasteiger charge is -2.14. The van der Waals surface area contributed by atoms with Crippen molar-refractivity contribution in [2.24, 2.45) is 20.5 Å². The van der Waals surface area contributed by atoms with E-state index in [4.69, 9.17) is 10.3 Å². The van der Waals surface area contributed by atoms with E-state index in [1.165, 1.54) is 18.2 Å². The predicted octanol–water partition coefficient (Wildman–Crippen LogP) is 3.75. The third-order valence-corrected chi connectivity index (χ3v) is 9.90. The fourth-order valence-electron chi connectivity index (χ4n) is 3.96. The number of phenols is 2. The number of rotatable bonds is 11. The van der Waals surface area contributed by atoms with Crippen LogP contribution in [0.2, 0.25) is 0 Å². The Kier molecular flexibility index (Phi) is 9.66. The topological polar surface area (TPSA) is 322 Å². The van der Waals surface area contributed by atoms with Crippen LogP contribution in [0.5, 0.6) is 11.5 Å². The fraction of sp³-hybridized carbons (Fsp3) is 0.0833. The summed E-state index contributed by atoms with van der Waals surface area (Å²) in [5.74, 6) is -2.06. The molecule has 0 bridgehead atoms. The third-order valence-electron chi connectivity index (χ3n) is 6.01. The van der Waals surface area contributed by atoms with Gasteiger partial charge in [-0.05, 0) is 53.9 Å².